The molecule has 0 fully saturated rings. The number of fused-ring (bicyclic) bond motifs is 20. The second-order valence-electron chi connectivity index (χ2n) is 28.7. The molecule has 3 aromatic heterocycles. The van der Waals surface area contributed by atoms with Gasteiger partial charge in [-0.1, -0.05) is 322 Å². The Kier molecular flexibility index (Phi) is 17.4. The molecule has 506 valence electrons. The van der Waals surface area contributed by atoms with Crippen LogP contribution in [0.3, 0.4) is 0 Å². The van der Waals surface area contributed by atoms with Crippen molar-refractivity contribution in [2.75, 3.05) is 0 Å². The first-order valence-corrected chi connectivity index (χ1v) is 35.3. The summed E-state index contributed by atoms with van der Waals surface area (Å²) in [6.45, 7) is 17.8. The number of aromatic nitrogens is 8. The number of rotatable bonds is 16. The van der Waals surface area contributed by atoms with Crippen LogP contribution in [-0.2, 0) is 21.7 Å². The van der Waals surface area contributed by atoms with Gasteiger partial charge >= 0.3 is 27.3 Å². The molecule has 8 bridgehead atoms. The fraction of sp³-hybridized carbons (Fsp3) is 0.130. The van der Waals surface area contributed by atoms with Crippen LogP contribution in [0.15, 0.2) is 291 Å². The Morgan fingerprint density at radius 3 is 0.733 bits per heavy atom. The summed E-state index contributed by atoms with van der Waals surface area (Å²) in [4.78, 5) is 40.6. The van der Waals surface area contributed by atoms with Crippen molar-refractivity contribution in [2.24, 2.45) is 0 Å². The number of hydrogen-bond donors (Lipinski definition) is 2. The second kappa shape index (κ2) is 27.1. The van der Waals surface area contributed by atoms with Gasteiger partial charge in [0.05, 0.1) is 10.8 Å². The minimum atomic E-state index is -0.631. The van der Waals surface area contributed by atoms with Gasteiger partial charge in [0.15, 0.2) is 34.8 Å². The average Bonchev–Trinajstić information content (AvgIpc) is 1.60. The van der Waals surface area contributed by atoms with Crippen molar-refractivity contribution >= 4 is 71.4 Å². The monoisotopic (exact) mass is 1560 g/mol. The molecule has 105 heavy (non-hydrogen) atoms. The predicted molar refractivity (Wildman–Crippen MR) is 422 cm³/mol. The van der Waals surface area contributed by atoms with Gasteiger partial charge in [0, 0.05) is 76.9 Å². The first kappa shape index (κ1) is 67.6. The molecule has 12 aromatic carbocycles. The summed E-state index contributed by atoms with van der Waals surface area (Å²) in [7, 11) is 0. The van der Waals surface area contributed by atoms with Gasteiger partial charge in [0.2, 0.25) is 11.5 Å². The van der Waals surface area contributed by atoms with Crippen molar-refractivity contribution in [2.45, 2.75) is 77.0 Å². The normalized spacial score (nSPS) is 12.1. The molecule has 15 aromatic rings. The third-order valence-corrected chi connectivity index (χ3v) is 20.9. The molecule has 5 heterocycles. The Morgan fingerprint density at radius 1 is 0.229 bits per heavy atom. The number of para-hydroxylation sites is 4. The van der Waals surface area contributed by atoms with Crippen molar-refractivity contribution in [3.05, 3.63) is 336 Å². The number of H-pyrrole nitrogens is 2. The van der Waals surface area contributed by atoms with Crippen molar-refractivity contribution in [1.29, 1.82) is 0 Å². The van der Waals surface area contributed by atoms with Gasteiger partial charge in [-0.25, -0.2) is 29.9 Å². The molecule has 0 atom stereocenters. The van der Waals surface area contributed by atoms with Crippen molar-refractivity contribution in [3.8, 4) is 91.5 Å². The molecular formula is C92H74N8O4Pb+4. The maximum absolute atomic E-state index is 8.10. The molecule has 0 unspecified atom stereocenters. The maximum Gasteiger partial charge on any atom is 4.00 e. The molecule has 12 nitrogen and oxygen atoms in total. The number of hydrogen-bond acceptors (Lipinski definition) is 10. The van der Waals surface area contributed by atoms with Crippen LogP contribution in [-0.4, -0.2) is 67.2 Å². The molecule has 2 N–H and O–H groups in total. The largest absolute Gasteiger partial charge is 4.00 e. The van der Waals surface area contributed by atoms with E-state index in [1.165, 1.54) is 0 Å². The van der Waals surface area contributed by atoms with E-state index < -0.39 is 21.7 Å². The number of nitrogens with one attached hydrogen (secondary N) is 2. The summed E-state index contributed by atoms with van der Waals surface area (Å²) in [5.74, 6) is 4.65. The van der Waals surface area contributed by atoms with Crippen LogP contribution >= 0.6 is 0 Å². The van der Waals surface area contributed by atoms with Crippen LogP contribution in [0.5, 0.6) is 46.0 Å². The predicted octanol–water partition coefficient (Wildman–Crippen LogP) is 23.0. The molecule has 0 saturated heterocycles. The smallest absolute Gasteiger partial charge is 0.452 e. The molecule has 2 aliphatic rings. The number of aromatic amines is 2. The Hall–Kier alpha value is -11.9. The van der Waals surface area contributed by atoms with E-state index in [4.69, 9.17) is 48.9 Å². The van der Waals surface area contributed by atoms with Crippen LogP contribution in [0.2, 0.25) is 0 Å². The van der Waals surface area contributed by atoms with Crippen LogP contribution in [0, 0.1) is 0 Å². The molecule has 17 rings (SSSR count). The van der Waals surface area contributed by atoms with E-state index >= 15 is 0 Å². The first-order valence-electron chi connectivity index (χ1n) is 35.3. The Bertz CT molecular complexity index is 5650. The third kappa shape index (κ3) is 12.1. The molecular weight excluding hydrogens is 1490 g/mol. The third-order valence-electron chi connectivity index (χ3n) is 20.9. The van der Waals surface area contributed by atoms with Gasteiger partial charge in [-0.3, -0.25) is 0 Å². The van der Waals surface area contributed by atoms with Crippen molar-refractivity contribution in [3.63, 3.8) is 0 Å². The summed E-state index contributed by atoms with van der Waals surface area (Å²) in [6, 6.07) is 99.0. The molecule has 0 amide bonds. The van der Waals surface area contributed by atoms with Gasteiger partial charge in [-0.2, -0.15) is 0 Å². The summed E-state index contributed by atoms with van der Waals surface area (Å²) < 4.78 is 32.4. The van der Waals surface area contributed by atoms with E-state index in [-0.39, 0.29) is 50.3 Å². The molecule has 0 saturated carbocycles. The summed E-state index contributed by atoms with van der Waals surface area (Å²) >= 11 is 0. The topological polar surface area (TPSA) is 146 Å². The zero-order chi connectivity index (χ0) is 70.9. The van der Waals surface area contributed by atoms with Crippen LogP contribution < -0.4 is 18.9 Å². The van der Waals surface area contributed by atoms with E-state index in [2.05, 4.69) is 211 Å². The van der Waals surface area contributed by atoms with Gasteiger partial charge < -0.3 is 28.9 Å². The number of benzene rings is 12. The minimum Gasteiger partial charge on any atom is -0.452 e. The van der Waals surface area contributed by atoms with Gasteiger partial charge in [0.1, 0.15) is 45.6 Å². The molecule has 0 aliphatic carbocycles. The minimum absolute atomic E-state index is 0. The molecule has 13 heteroatoms. The summed E-state index contributed by atoms with van der Waals surface area (Å²) in [5.41, 5.74) is 10.2. The Balaban J connectivity index is 0.00000847. The van der Waals surface area contributed by atoms with E-state index in [0.717, 1.165) is 77.5 Å². The van der Waals surface area contributed by atoms with E-state index in [0.29, 0.717) is 79.7 Å². The molecule has 0 spiro atoms. The zero-order valence-corrected chi connectivity index (χ0v) is 63.4. The van der Waals surface area contributed by atoms with Gasteiger partial charge in [0.25, 0.3) is 0 Å². The van der Waals surface area contributed by atoms with Crippen molar-refractivity contribution < 1.29 is 18.9 Å². The SMILES string of the molecule is CC(C)(c1ccccc1)c1ccccc1Oc1c(Oc2ccccc2C(C)(C)c2ccccc2)c(Oc2ccccc2C(C)(C)c2ccccc2)c2c3nc4nc(nc5[nH]c(nc6nc(nc([nH]3)c2c1Oc1ccccc1C(C)(C)c1ccccc1)-c1ccccc1-6)c1ccccc51)-c1ccccc1-4.[Pb+4]. The average molecular weight is 1560 g/mol. The Morgan fingerprint density at radius 2 is 0.448 bits per heavy atom. The van der Waals surface area contributed by atoms with Gasteiger partial charge in [-0.15, -0.1) is 0 Å². The van der Waals surface area contributed by atoms with E-state index in [1.54, 1.807) is 0 Å². The number of nitrogens with zero attached hydrogens (tertiary/aromatic N) is 6. The second-order valence-corrected chi connectivity index (χ2v) is 28.7. The van der Waals surface area contributed by atoms with E-state index in [9.17, 15) is 0 Å². The van der Waals surface area contributed by atoms with Crippen LogP contribution in [0.25, 0.3) is 89.7 Å². The summed E-state index contributed by atoms with van der Waals surface area (Å²) in [6.07, 6.45) is 0. The van der Waals surface area contributed by atoms with Gasteiger partial charge in [-0.05, 0) is 46.5 Å². The fourth-order valence-electron chi connectivity index (χ4n) is 14.9. The fourth-order valence-corrected chi connectivity index (χ4v) is 14.9. The van der Waals surface area contributed by atoms with E-state index in [1.807, 2.05) is 146 Å². The maximum atomic E-state index is 8.10. The van der Waals surface area contributed by atoms with Crippen molar-refractivity contribution in [1.82, 2.24) is 39.9 Å². The Labute approximate surface area is 630 Å². The summed E-state index contributed by atoms with van der Waals surface area (Å²) in [5, 5.41) is 2.60. The number of ether oxygens (including phenoxy) is 4. The molecule has 2 aliphatic heterocycles. The van der Waals surface area contributed by atoms with Crippen LogP contribution in [0.1, 0.15) is 99.9 Å². The van der Waals surface area contributed by atoms with Crippen LogP contribution in [0.4, 0.5) is 0 Å². The first-order chi connectivity index (χ1) is 50.6. The molecule has 0 radical (unpaired) electrons. The zero-order valence-electron chi connectivity index (χ0n) is 59.5. The standard InChI is InChI=1S/C92H74N8O4.Pb/c1-89(2,57-35-13-9-14-36-57)67-49-27-31-53-71(67)101-77-75-76(88-99-86-66-48-26-24-46-64(66)84(97-86)95-82-62-44-22-21-43-61(62)81(93-82)94-83-63-45-23-25-47-65(63)85(96-83)98-87(75)100-88)78(102-72-54-32-28-50-68(72)90(3,4)58-37-15-10-16-38-58)80(104-74-56-34-30-52-70(74)92(7,8)60-41-19-12-20-42-60)79(77)103-73-55-33-29-51-69(73)91(5,6)59-39-17-11-18-40-59;/h9-56H,1-8H3,(H2,93,94,95,96,97,98,99,100);/q;+4. The quantitative estimate of drug-likeness (QED) is 0.0897.